The molecule has 114 valence electrons. The third-order valence-corrected chi connectivity index (χ3v) is 3.87. The maximum Gasteiger partial charge on any atom is 0.222 e. The molecule has 0 aliphatic carbocycles. The van der Waals surface area contributed by atoms with Gasteiger partial charge in [-0.1, -0.05) is 0 Å². The van der Waals surface area contributed by atoms with Crippen LogP contribution in [0, 0.1) is 11.7 Å². The molecule has 1 unspecified atom stereocenters. The fourth-order valence-electron chi connectivity index (χ4n) is 2.68. The van der Waals surface area contributed by atoms with Gasteiger partial charge >= 0.3 is 0 Å². The van der Waals surface area contributed by atoms with E-state index in [4.69, 9.17) is 5.73 Å². The van der Waals surface area contributed by atoms with Crippen LogP contribution < -0.4 is 5.73 Å². The van der Waals surface area contributed by atoms with Crippen LogP contribution in [0.15, 0.2) is 24.3 Å². The van der Waals surface area contributed by atoms with Gasteiger partial charge in [0.05, 0.1) is 0 Å². The Morgan fingerprint density at radius 3 is 2.67 bits per heavy atom. The monoisotopic (exact) mass is 292 g/mol. The van der Waals surface area contributed by atoms with Crippen molar-refractivity contribution in [3.63, 3.8) is 0 Å². The average molecular weight is 292 g/mol. The fourth-order valence-corrected chi connectivity index (χ4v) is 2.68. The van der Waals surface area contributed by atoms with E-state index in [1.54, 1.807) is 4.90 Å². The van der Waals surface area contributed by atoms with Crippen molar-refractivity contribution in [2.45, 2.75) is 25.7 Å². The number of nitrogens with zero attached hydrogens (tertiary/aromatic N) is 1. The first-order valence-electron chi connectivity index (χ1n) is 7.39. The summed E-state index contributed by atoms with van der Waals surface area (Å²) in [5.74, 6) is -0.483. The summed E-state index contributed by atoms with van der Waals surface area (Å²) >= 11 is 0. The van der Waals surface area contributed by atoms with Gasteiger partial charge in [0, 0.05) is 31.0 Å². The lowest BCUT2D eigenvalue weighted by Gasteiger charge is -2.32. The molecule has 1 fully saturated rings. The van der Waals surface area contributed by atoms with Gasteiger partial charge in [-0.15, -0.1) is 0 Å². The van der Waals surface area contributed by atoms with Gasteiger partial charge in [-0.3, -0.25) is 9.59 Å². The minimum atomic E-state index is -0.353. The summed E-state index contributed by atoms with van der Waals surface area (Å²) in [6, 6.07) is 5.60. The fraction of sp³-hybridized carbons (Fsp3) is 0.500. The molecule has 1 aromatic carbocycles. The van der Waals surface area contributed by atoms with Gasteiger partial charge < -0.3 is 10.6 Å². The van der Waals surface area contributed by atoms with E-state index < -0.39 is 0 Å². The maximum atomic E-state index is 12.9. The molecule has 1 amide bonds. The van der Waals surface area contributed by atoms with Crippen molar-refractivity contribution in [1.29, 1.82) is 0 Å². The lowest BCUT2D eigenvalue weighted by Crippen LogP contribution is -2.42. The van der Waals surface area contributed by atoms with Crippen LogP contribution in [0.25, 0.3) is 0 Å². The highest BCUT2D eigenvalue weighted by molar-refractivity contribution is 5.98. The second-order valence-electron chi connectivity index (χ2n) is 5.44. The smallest absolute Gasteiger partial charge is 0.222 e. The van der Waals surface area contributed by atoms with Crippen LogP contribution in [0.2, 0.25) is 0 Å². The first-order chi connectivity index (χ1) is 10.1. The number of nitrogens with two attached hydrogens (primary N) is 1. The number of rotatable bonds is 5. The normalized spacial score (nSPS) is 18.6. The minimum absolute atomic E-state index is 0.00803. The molecule has 0 saturated carbocycles. The summed E-state index contributed by atoms with van der Waals surface area (Å²) in [4.78, 5) is 26.2. The van der Waals surface area contributed by atoms with Crippen molar-refractivity contribution < 1.29 is 14.0 Å². The number of piperidine rings is 1. The Balaban J connectivity index is 1.98. The molecule has 1 aromatic rings. The van der Waals surface area contributed by atoms with Crippen molar-refractivity contribution >= 4 is 11.7 Å². The number of Topliss-reactive ketones (excluding diaryl/α,β-unsaturated/α-hetero) is 1. The molecule has 2 N–H and O–H groups in total. The molecule has 2 rings (SSSR count). The topological polar surface area (TPSA) is 63.4 Å². The second kappa shape index (κ2) is 7.31. The van der Waals surface area contributed by atoms with E-state index in [1.165, 1.54) is 24.3 Å². The summed E-state index contributed by atoms with van der Waals surface area (Å²) in [7, 11) is 0. The quantitative estimate of drug-likeness (QED) is 0.844. The van der Waals surface area contributed by atoms with Crippen molar-refractivity contribution in [3.05, 3.63) is 35.6 Å². The molecule has 0 bridgehead atoms. The molecule has 1 aliphatic heterocycles. The van der Waals surface area contributed by atoms with Crippen LogP contribution in [0.1, 0.15) is 36.0 Å². The van der Waals surface area contributed by atoms with Crippen LogP contribution in [0.4, 0.5) is 4.39 Å². The SMILES string of the molecule is NCCCC(=O)N1CCCC(C(=O)c2ccc(F)cc2)C1. The Morgan fingerprint density at radius 2 is 2.00 bits per heavy atom. The van der Waals surface area contributed by atoms with Crippen LogP contribution in [-0.4, -0.2) is 36.2 Å². The van der Waals surface area contributed by atoms with E-state index in [0.29, 0.717) is 38.0 Å². The molecule has 0 aromatic heterocycles. The Bertz CT molecular complexity index is 502. The summed E-state index contributed by atoms with van der Waals surface area (Å²) in [6.45, 7) is 1.66. The highest BCUT2D eigenvalue weighted by atomic mass is 19.1. The number of carbonyl (C=O) groups is 2. The van der Waals surface area contributed by atoms with E-state index in [0.717, 1.165) is 12.8 Å². The standard InChI is InChI=1S/C16H21FN2O2/c17-14-7-5-12(6-8-14)16(21)13-3-2-10-19(11-13)15(20)4-1-9-18/h5-8,13H,1-4,9-11,18H2. The number of hydrogen-bond acceptors (Lipinski definition) is 3. The van der Waals surface area contributed by atoms with Crippen LogP contribution in [0.5, 0.6) is 0 Å². The Hall–Kier alpha value is -1.75. The zero-order valence-electron chi connectivity index (χ0n) is 12.1. The third kappa shape index (κ3) is 4.11. The van der Waals surface area contributed by atoms with E-state index in [-0.39, 0.29) is 23.4 Å². The van der Waals surface area contributed by atoms with Crippen molar-refractivity contribution in [2.75, 3.05) is 19.6 Å². The third-order valence-electron chi connectivity index (χ3n) is 3.87. The molecule has 4 nitrogen and oxygen atoms in total. The molecule has 0 radical (unpaired) electrons. The Kier molecular flexibility index (Phi) is 5.44. The summed E-state index contributed by atoms with van der Waals surface area (Å²) in [5.41, 5.74) is 5.93. The van der Waals surface area contributed by atoms with Gasteiger partial charge in [-0.05, 0) is 50.1 Å². The van der Waals surface area contributed by atoms with E-state index >= 15 is 0 Å². The van der Waals surface area contributed by atoms with Crippen molar-refractivity contribution in [1.82, 2.24) is 4.90 Å². The molecule has 21 heavy (non-hydrogen) atoms. The van der Waals surface area contributed by atoms with Gasteiger partial charge in [0.2, 0.25) is 5.91 Å². The van der Waals surface area contributed by atoms with Gasteiger partial charge in [-0.2, -0.15) is 0 Å². The number of amides is 1. The summed E-state index contributed by atoms with van der Waals surface area (Å²) in [5, 5.41) is 0. The first kappa shape index (κ1) is 15.6. The number of benzene rings is 1. The molecule has 0 spiro atoms. The second-order valence-corrected chi connectivity index (χ2v) is 5.44. The lowest BCUT2D eigenvalue weighted by molar-refractivity contribution is -0.132. The maximum absolute atomic E-state index is 12.9. The molecule has 1 aliphatic rings. The molecule has 1 saturated heterocycles. The molecule has 5 heteroatoms. The average Bonchev–Trinajstić information content (AvgIpc) is 2.52. The lowest BCUT2D eigenvalue weighted by atomic mass is 9.90. The minimum Gasteiger partial charge on any atom is -0.342 e. The van der Waals surface area contributed by atoms with Crippen LogP contribution >= 0.6 is 0 Å². The van der Waals surface area contributed by atoms with Gasteiger partial charge in [0.25, 0.3) is 0 Å². The molecular weight excluding hydrogens is 271 g/mol. The van der Waals surface area contributed by atoms with Crippen molar-refractivity contribution in [3.8, 4) is 0 Å². The van der Waals surface area contributed by atoms with E-state index in [9.17, 15) is 14.0 Å². The zero-order valence-corrected chi connectivity index (χ0v) is 12.1. The number of carbonyl (C=O) groups excluding carboxylic acids is 2. The van der Waals surface area contributed by atoms with Crippen molar-refractivity contribution in [2.24, 2.45) is 11.7 Å². The number of likely N-dealkylation sites (tertiary alicyclic amines) is 1. The first-order valence-corrected chi connectivity index (χ1v) is 7.39. The van der Waals surface area contributed by atoms with Gasteiger partial charge in [-0.25, -0.2) is 4.39 Å². The Labute approximate surface area is 124 Å². The summed E-state index contributed by atoms with van der Waals surface area (Å²) in [6.07, 6.45) is 2.71. The molecular formula is C16H21FN2O2. The van der Waals surface area contributed by atoms with Crippen LogP contribution in [-0.2, 0) is 4.79 Å². The number of hydrogen-bond donors (Lipinski definition) is 1. The predicted molar refractivity (Wildman–Crippen MR) is 78.3 cm³/mol. The predicted octanol–water partition coefficient (Wildman–Crippen LogP) is 1.99. The molecule has 1 heterocycles. The Morgan fingerprint density at radius 1 is 1.29 bits per heavy atom. The summed E-state index contributed by atoms with van der Waals surface area (Å²) < 4.78 is 12.9. The van der Waals surface area contributed by atoms with E-state index in [1.807, 2.05) is 0 Å². The van der Waals surface area contributed by atoms with Crippen LogP contribution in [0.3, 0.4) is 0 Å². The molecule has 1 atom stereocenters. The van der Waals surface area contributed by atoms with Gasteiger partial charge in [0.15, 0.2) is 5.78 Å². The highest BCUT2D eigenvalue weighted by Crippen LogP contribution is 2.22. The van der Waals surface area contributed by atoms with E-state index in [2.05, 4.69) is 0 Å². The zero-order chi connectivity index (χ0) is 15.2. The number of halogens is 1. The number of ketones is 1. The van der Waals surface area contributed by atoms with Gasteiger partial charge in [0.1, 0.15) is 5.82 Å². The highest BCUT2D eigenvalue weighted by Gasteiger charge is 2.28. The largest absolute Gasteiger partial charge is 0.342 e.